The Bertz CT molecular complexity index is 637. The second-order valence-corrected chi connectivity index (χ2v) is 6.04. The van der Waals surface area contributed by atoms with Crippen LogP contribution < -0.4 is 11.3 Å². The standard InChI is InChI=1S/C16H21N3OS/c1-3-5-12-10-15(20)19-16(18-12)21-13-8-6-11(7-9-13)14(17)4-2/h6-10,14H,3-5,17H2,1-2H3,(H,18,19,20)/t14-/m1/s1. The SMILES string of the molecule is CCCc1cc(=O)[nH]c(Sc2ccc([C@H](N)CC)cc2)n1. The van der Waals surface area contributed by atoms with Crippen molar-refractivity contribution in [2.75, 3.05) is 0 Å². The fraction of sp³-hybridized carbons (Fsp3) is 0.375. The van der Waals surface area contributed by atoms with Crippen LogP contribution in [0.5, 0.6) is 0 Å². The van der Waals surface area contributed by atoms with Crippen LogP contribution >= 0.6 is 11.8 Å². The molecule has 3 N–H and O–H groups in total. The summed E-state index contributed by atoms with van der Waals surface area (Å²) in [6, 6.07) is 9.74. The van der Waals surface area contributed by atoms with Crippen molar-refractivity contribution in [2.45, 2.75) is 49.2 Å². The monoisotopic (exact) mass is 303 g/mol. The highest BCUT2D eigenvalue weighted by atomic mass is 32.2. The number of aromatic amines is 1. The number of rotatable bonds is 6. The molecule has 2 rings (SSSR count). The Balaban J connectivity index is 2.16. The van der Waals surface area contributed by atoms with E-state index >= 15 is 0 Å². The Morgan fingerprint density at radius 3 is 2.62 bits per heavy atom. The van der Waals surface area contributed by atoms with Gasteiger partial charge in [-0.15, -0.1) is 0 Å². The van der Waals surface area contributed by atoms with E-state index < -0.39 is 0 Å². The molecule has 4 nitrogen and oxygen atoms in total. The predicted octanol–water partition coefficient (Wildman–Crippen LogP) is 3.28. The van der Waals surface area contributed by atoms with E-state index in [-0.39, 0.29) is 11.6 Å². The smallest absolute Gasteiger partial charge is 0.251 e. The first kappa shape index (κ1) is 15.8. The van der Waals surface area contributed by atoms with E-state index in [2.05, 4.69) is 23.8 Å². The largest absolute Gasteiger partial charge is 0.324 e. The van der Waals surface area contributed by atoms with Crippen LogP contribution in [-0.4, -0.2) is 9.97 Å². The van der Waals surface area contributed by atoms with E-state index in [9.17, 15) is 4.79 Å². The van der Waals surface area contributed by atoms with Gasteiger partial charge in [0.15, 0.2) is 5.16 Å². The van der Waals surface area contributed by atoms with Gasteiger partial charge in [0.25, 0.3) is 5.56 Å². The van der Waals surface area contributed by atoms with Crippen molar-refractivity contribution in [3.05, 3.63) is 51.9 Å². The number of aromatic nitrogens is 2. The van der Waals surface area contributed by atoms with Crippen LogP contribution in [0, 0.1) is 0 Å². The lowest BCUT2D eigenvalue weighted by Gasteiger charge is -2.09. The van der Waals surface area contributed by atoms with Crippen molar-refractivity contribution >= 4 is 11.8 Å². The second kappa shape index (κ2) is 7.43. The minimum absolute atomic E-state index is 0.0786. The molecule has 0 spiro atoms. The maximum absolute atomic E-state index is 11.6. The molecule has 0 fully saturated rings. The quantitative estimate of drug-likeness (QED) is 0.803. The molecule has 1 aromatic carbocycles. The molecular formula is C16H21N3OS. The maximum atomic E-state index is 11.6. The summed E-state index contributed by atoms with van der Waals surface area (Å²) in [5, 5.41) is 0.637. The lowest BCUT2D eigenvalue weighted by molar-refractivity contribution is 0.698. The minimum atomic E-state index is -0.0967. The fourth-order valence-corrected chi connectivity index (χ4v) is 2.86. The predicted molar refractivity (Wildman–Crippen MR) is 86.6 cm³/mol. The van der Waals surface area contributed by atoms with E-state index in [0.717, 1.165) is 35.4 Å². The molecule has 1 aromatic heterocycles. The molecule has 0 unspecified atom stereocenters. The summed E-state index contributed by atoms with van der Waals surface area (Å²) >= 11 is 1.46. The van der Waals surface area contributed by atoms with Gasteiger partial charge in [-0.2, -0.15) is 0 Å². The van der Waals surface area contributed by atoms with Crippen LogP contribution in [0.1, 0.15) is 44.0 Å². The lowest BCUT2D eigenvalue weighted by Crippen LogP contribution is -2.10. The van der Waals surface area contributed by atoms with E-state index in [1.54, 1.807) is 6.07 Å². The van der Waals surface area contributed by atoms with Crippen molar-refractivity contribution in [2.24, 2.45) is 5.73 Å². The Hall–Kier alpha value is -1.59. The lowest BCUT2D eigenvalue weighted by atomic mass is 10.1. The fourth-order valence-electron chi connectivity index (χ4n) is 2.05. The number of H-pyrrole nitrogens is 1. The topological polar surface area (TPSA) is 71.8 Å². The van der Waals surface area contributed by atoms with E-state index in [0.29, 0.717) is 5.16 Å². The van der Waals surface area contributed by atoms with Crippen LogP contribution in [0.3, 0.4) is 0 Å². The molecule has 0 aliphatic heterocycles. The molecule has 0 bridgehead atoms. The van der Waals surface area contributed by atoms with Crippen LogP contribution in [0.4, 0.5) is 0 Å². The average Bonchev–Trinajstić information content (AvgIpc) is 2.47. The summed E-state index contributed by atoms with van der Waals surface area (Å²) < 4.78 is 0. The molecule has 1 heterocycles. The first-order valence-corrected chi connectivity index (χ1v) is 8.07. The van der Waals surface area contributed by atoms with Crippen molar-refractivity contribution < 1.29 is 0 Å². The third kappa shape index (κ3) is 4.44. The Labute approximate surface area is 129 Å². The molecule has 0 radical (unpaired) electrons. The number of nitrogens with one attached hydrogen (secondary N) is 1. The highest BCUT2D eigenvalue weighted by Crippen LogP contribution is 2.25. The summed E-state index contributed by atoms with van der Waals surface area (Å²) in [5.41, 5.74) is 7.88. The Kier molecular flexibility index (Phi) is 5.59. The van der Waals surface area contributed by atoms with Gasteiger partial charge >= 0.3 is 0 Å². The number of hydrogen-bond acceptors (Lipinski definition) is 4. The second-order valence-electron chi connectivity index (χ2n) is 4.98. The zero-order valence-corrected chi connectivity index (χ0v) is 13.2. The van der Waals surface area contributed by atoms with Gasteiger partial charge in [-0.3, -0.25) is 4.79 Å². The van der Waals surface area contributed by atoms with Gasteiger partial charge in [-0.25, -0.2) is 4.98 Å². The maximum Gasteiger partial charge on any atom is 0.251 e. The third-order valence-electron chi connectivity index (χ3n) is 3.24. The highest BCUT2D eigenvalue weighted by molar-refractivity contribution is 7.99. The van der Waals surface area contributed by atoms with Crippen LogP contribution in [-0.2, 0) is 6.42 Å². The summed E-state index contributed by atoms with van der Waals surface area (Å²) in [6.07, 6.45) is 2.71. The highest BCUT2D eigenvalue weighted by Gasteiger charge is 2.06. The van der Waals surface area contributed by atoms with Crippen LogP contribution in [0.15, 0.2) is 45.2 Å². The summed E-state index contributed by atoms with van der Waals surface area (Å²) in [7, 11) is 0. The first-order chi connectivity index (χ1) is 10.1. The molecule has 0 amide bonds. The molecular weight excluding hydrogens is 282 g/mol. The molecule has 0 aliphatic carbocycles. The number of aryl methyl sites for hydroxylation is 1. The average molecular weight is 303 g/mol. The van der Waals surface area contributed by atoms with Gasteiger partial charge in [0.2, 0.25) is 0 Å². The zero-order chi connectivity index (χ0) is 15.2. The van der Waals surface area contributed by atoms with Gasteiger partial charge in [0.05, 0.1) is 0 Å². The van der Waals surface area contributed by atoms with Crippen molar-refractivity contribution in [3.63, 3.8) is 0 Å². The minimum Gasteiger partial charge on any atom is -0.324 e. The molecule has 2 aromatic rings. The van der Waals surface area contributed by atoms with Gasteiger partial charge < -0.3 is 10.7 Å². The van der Waals surface area contributed by atoms with E-state index in [1.807, 2.05) is 24.3 Å². The normalized spacial score (nSPS) is 12.3. The molecule has 0 saturated heterocycles. The number of nitrogens with zero attached hydrogens (tertiary/aromatic N) is 1. The van der Waals surface area contributed by atoms with Gasteiger partial charge in [0.1, 0.15) is 0 Å². The molecule has 0 aliphatic rings. The Morgan fingerprint density at radius 1 is 1.29 bits per heavy atom. The number of hydrogen-bond donors (Lipinski definition) is 2. The molecule has 1 atom stereocenters. The van der Waals surface area contributed by atoms with Crippen LogP contribution in [0.25, 0.3) is 0 Å². The summed E-state index contributed by atoms with van der Waals surface area (Å²) in [6.45, 7) is 4.15. The first-order valence-electron chi connectivity index (χ1n) is 7.26. The Morgan fingerprint density at radius 2 is 2.00 bits per heavy atom. The van der Waals surface area contributed by atoms with Gasteiger partial charge in [-0.1, -0.05) is 44.2 Å². The van der Waals surface area contributed by atoms with Crippen molar-refractivity contribution in [1.82, 2.24) is 9.97 Å². The number of benzene rings is 1. The zero-order valence-electron chi connectivity index (χ0n) is 12.4. The van der Waals surface area contributed by atoms with Crippen molar-refractivity contribution in [3.8, 4) is 0 Å². The van der Waals surface area contributed by atoms with E-state index in [4.69, 9.17) is 5.73 Å². The molecule has 5 heteroatoms. The number of nitrogens with two attached hydrogens (primary N) is 1. The van der Waals surface area contributed by atoms with Crippen molar-refractivity contribution in [1.29, 1.82) is 0 Å². The molecule has 21 heavy (non-hydrogen) atoms. The third-order valence-corrected chi connectivity index (χ3v) is 4.14. The van der Waals surface area contributed by atoms with Gasteiger partial charge in [0, 0.05) is 22.7 Å². The van der Waals surface area contributed by atoms with Gasteiger partial charge in [-0.05, 0) is 30.5 Å². The van der Waals surface area contributed by atoms with E-state index in [1.165, 1.54) is 11.8 Å². The molecule has 0 saturated carbocycles. The van der Waals surface area contributed by atoms with Crippen LogP contribution in [0.2, 0.25) is 0 Å². The molecule has 112 valence electrons. The summed E-state index contributed by atoms with van der Waals surface area (Å²) in [4.78, 5) is 19.9. The summed E-state index contributed by atoms with van der Waals surface area (Å²) in [5.74, 6) is 0.